The zero-order chi connectivity index (χ0) is 13.4. The fraction of sp³-hybridized carbons (Fsp3) is 0.357. The first-order chi connectivity index (χ1) is 8.67. The molecule has 0 aromatic heterocycles. The number of phenolic OH excluding ortho intramolecular Hbond substituents is 1. The second-order valence-corrected chi connectivity index (χ2v) is 3.67. The number of ether oxygens (including phenoxy) is 2. The Kier molecular flexibility index (Phi) is 5.77. The summed E-state index contributed by atoms with van der Waals surface area (Å²) < 4.78 is 10.3. The summed E-state index contributed by atoms with van der Waals surface area (Å²) in [6, 6.07) is 6.50. The monoisotopic (exact) mass is 250 g/mol. The maximum absolute atomic E-state index is 11.7. The number of hydrogen-bond acceptors (Lipinski definition) is 4. The molecule has 0 aliphatic rings. The highest BCUT2D eigenvalue weighted by Crippen LogP contribution is 2.14. The van der Waals surface area contributed by atoms with Crippen LogP contribution in [0.1, 0.15) is 25.8 Å². The molecule has 0 amide bonds. The third kappa shape index (κ3) is 4.49. The van der Waals surface area contributed by atoms with Gasteiger partial charge < -0.3 is 14.6 Å². The van der Waals surface area contributed by atoms with Crippen LogP contribution in [-0.4, -0.2) is 24.3 Å². The first-order valence-electron chi connectivity index (χ1n) is 5.98. The van der Waals surface area contributed by atoms with Gasteiger partial charge in [-0.05, 0) is 37.1 Å². The van der Waals surface area contributed by atoms with Gasteiger partial charge in [0.2, 0.25) is 5.76 Å². The summed E-state index contributed by atoms with van der Waals surface area (Å²) in [6.45, 7) is 4.48. The van der Waals surface area contributed by atoms with Crippen molar-refractivity contribution >= 4 is 12.0 Å². The zero-order valence-corrected chi connectivity index (χ0v) is 10.7. The smallest absolute Gasteiger partial charge is 0.373 e. The lowest BCUT2D eigenvalue weighted by Gasteiger charge is -2.08. The van der Waals surface area contributed by atoms with Crippen molar-refractivity contribution in [2.75, 3.05) is 13.2 Å². The number of phenols is 1. The summed E-state index contributed by atoms with van der Waals surface area (Å²) in [5, 5.41) is 9.18. The molecular formula is C14H18O4. The normalized spacial score (nSPS) is 11.1. The molecule has 0 spiro atoms. The van der Waals surface area contributed by atoms with Gasteiger partial charge >= 0.3 is 5.97 Å². The number of rotatable bonds is 6. The van der Waals surface area contributed by atoms with Gasteiger partial charge in [0.05, 0.1) is 13.2 Å². The molecule has 0 aliphatic heterocycles. The summed E-state index contributed by atoms with van der Waals surface area (Å²) in [7, 11) is 0. The molecule has 0 bridgehead atoms. The molecule has 4 nitrogen and oxygen atoms in total. The van der Waals surface area contributed by atoms with E-state index in [1.807, 2.05) is 6.92 Å². The molecule has 0 aliphatic carbocycles. The Morgan fingerprint density at radius 1 is 1.22 bits per heavy atom. The van der Waals surface area contributed by atoms with Gasteiger partial charge in [-0.15, -0.1) is 0 Å². The Bertz CT molecular complexity index is 406. The van der Waals surface area contributed by atoms with Crippen molar-refractivity contribution < 1.29 is 19.4 Å². The van der Waals surface area contributed by atoms with Crippen molar-refractivity contribution in [2.45, 2.75) is 20.3 Å². The van der Waals surface area contributed by atoms with Crippen molar-refractivity contribution in [1.82, 2.24) is 0 Å². The van der Waals surface area contributed by atoms with E-state index < -0.39 is 5.97 Å². The second kappa shape index (κ2) is 7.37. The molecule has 0 saturated carbocycles. The predicted molar refractivity (Wildman–Crippen MR) is 69.0 cm³/mol. The lowest BCUT2D eigenvalue weighted by atomic mass is 10.2. The van der Waals surface area contributed by atoms with Crippen LogP contribution >= 0.6 is 0 Å². The maximum atomic E-state index is 11.7. The number of hydrogen-bond donors (Lipinski definition) is 1. The number of carbonyl (C=O) groups is 1. The number of carbonyl (C=O) groups excluding carboxylic acids is 1. The first-order valence-corrected chi connectivity index (χ1v) is 5.98. The van der Waals surface area contributed by atoms with E-state index in [2.05, 4.69) is 0 Å². The third-order valence-electron chi connectivity index (χ3n) is 2.13. The predicted octanol–water partition coefficient (Wildman–Crippen LogP) is 2.72. The van der Waals surface area contributed by atoms with Crippen LogP contribution in [0.3, 0.4) is 0 Å². The number of benzene rings is 1. The largest absolute Gasteiger partial charge is 0.508 e. The quantitative estimate of drug-likeness (QED) is 0.479. The van der Waals surface area contributed by atoms with Gasteiger partial charge in [0.1, 0.15) is 5.75 Å². The molecule has 1 rings (SSSR count). The van der Waals surface area contributed by atoms with E-state index >= 15 is 0 Å². The van der Waals surface area contributed by atoms with Crippen LogP contribution in [0.5, 0.6) is 5.75 Å². The van der Waals surface area contributed by atoms with E-state index in [-0.39, 0.29) is 11.5 Å². The van der Waals surface area contributed by atoms with Crippen molar-refractivity contribution in [3.63, 3.8) is 0 Å². The molecule has 0 atom stereocenters. The minimum atomic E-state index is -0.473. The van der Waals surface area contributed by atoms with E-state index in [9.17, 15) is 9.90 Å². The van der Waals surface area contributed by atoms with E-state index in [0.29, 0.717) is 13.2 Å². The standard InChI is InChI=1S/C14H18O4/c1-3-9-18-13(14(16)17-4-2)10-11-5-7-12(15)8-6-11/h5-8,10,15H,3-4,9H2,1-2H3. The third-order valence-corrected chi connectivity index (χ3v) is 2.13. The molecule has 0 unspecified atom stereocenters. The van der Waals surface area contributed by atoms with Gasteiger partial charge in [-0.25, -0.2) is 4.79 Å². The second-order valence-electron chi connectivity index (χ2n) is 3.67. The first kappa shape index (κ1) is 14.1. The van der Waals surface area contributed by atoms with Gasteiger partial charge in [-0.1, -0.05) is 19.1 Å². The van der Waals surface area contributed by atoms with Crippen LogP contribution in [-0.2, 0) is 14.3 Å². The summed E-state index contributed by atoms with van der Waals surface area (Å²) in [6.07, 6.45) is 2.42. The van der Waals surface area contributed by atoms with E-state index in [1.165, 1.54) is 0 Å². The molecule has 1 N–H and O–H groups in total. The summed E-state index contributed by atoms with van der Waals surface area (Å²) >= 11 is 0. The molecular weight excluding hydrogens is 232 g/mol. The Balaban J connectivity index is 2.86. The molecule has 0 radical (unpaired) electrons. The summed E-state index contributed by atoms with van der Waals surface area (Å²) in [5.41, 5.74) is 0.770. The average molecular weight is 250 g/mol. The van der Waals surface area contributed by atoms with Crippen molar-refractivity contribution in [3.8, 4) is 5.75 Å². The van der Waals surface area contributed by atoms with Crippen molar-refractivity contribution in [2.24, 2.45) is 0 Å². The highest BCUT2D eigenvalue weighted by Gasteiger charge is 2.11. The highest BCUT2D eigenvalue weighted by molar-refractivity contribution is 5.91. The van der Waals surface area contributed by atoms with Gasteiger partial charge in [0, 0.05) is 0 Å². The topological polar surface area (TPSA) is 55.8 Å². The molecule has 1 aromatic carbocycles. The Labute approximate surface area is 107 Å². The van der Waals surface area contributed by atoms with Crippen LogP contribution in [0.2, 0.25) is 0 Å². The SMILES string of the molecule is CCCOC(=Cc1ccc(O)cc1)C(=O)OCC. The highest BCUT2D eigenvalue weighted by atomic mass is 16.6. The lowest BCUT2D eigenvalue weighted by molar-refractivity contribution is -0.142. The molecule has 0 fully saturated rings. The van der Waals surface area contributed by atoms with Crippen LogP contribution < -0.4 is 0 Å². The summed E-state index contributed by atoms with van der Waals surface area (Å²) in [5.74, 6) is -0.109. The lowest BCUT2D eigenvalue weighted by Crippen LogP contribution is -2.11. The van der Waals surface area contributed by atoms with Gasteiger partial charge in [-0.2, -0.15) is 0 Å². The Morgan fingerprint density at radius 3 is 2.44 bits per heavy atom. The number of aromatic hydroxyl groups is 1. The van der Waals surface area contributed by atoms with Gasteiger partial charge in [0.15, 0.2) is 0 Å². The Hall–Kier alpha value is -1.97. The Morgan fingerprint density at radius 2 is 1.89 bits per heavy atom. The number of esters is 1. The van der Waals surface area contributed by atoms with Crippen LogP contribution in [0.25, 0.3) is 6.08 Å². The van der Waals surface area contributed by atoms with E-state index in [1.54, 1.807) is 37.3 Å². The van der Waals surface area contributed by atoms with Gasteiger partial charge in [-0.3, -0.25) is 0 Å². The minimum absolute atomic E-state index is 0.180. The fourth-order valence-corrected chi connectivity index (χ4v) is 1.30. The molecule has 1 aromatic rings. The van der Waals surface area contributed by atoms with Crippen molar-refractivity contribution in [3.05, 3.63) is 35.6 Å². The summed E-state index contributed by atoms with van der Waals surface area (Å²) in [4.78, 5) is 11.7. The zero-order valence-electron chi connectivity index (χ0n) is 10.7. The molecule has 18 heavy (non-hydrogen) atoms. The van der Waals surface area contributed by atoms with Gasteiger partial charge in [0.25, 0.3) is 0 Å². The molecule has 4 heteroatoms. The average Bonchev–Trinajstić information content (AvgIpc) is 2.37. The fourth-order valence-electron chi connectivity index (χ4n) is 1.30. The maximum Gasteiger partial charge on any atom is 0.373 e. The van der Waals surface area contributed by atoms with Crippen LogP contribution in [0.4, 0.5) is 0 Å². The molecule has 0 heterocycles. The van der Waals surface area contributed by atoms with Crippen molar-refractivity contribution in [1.29, 1.82) is 0 Å². The van der Waals surface area contributed by atoms with E-state index in [0.717, 1.165) is 12.0 Å². The minimum Gasteiger partial charge on any atom is -0.508 e. The molecule has 0 saturated heterocycles. The van der Waals surface area contributed by atoms with Crippen LogP contribution in [0.15, 0.2) is 30.0 Å². The van der Waals surface area contributed by atoms with Crippen LogP contribution in [0, 0.1) is 0 Å². The van der Waals surface area contributed by atoms with E-state index in [4.69, 9.17) is 9.47 Å². The molecule has 98 valence electrons.